The molecule has 0 heterocycles. The molecule has 3 rings (SSSR count). The summed E-state index contributed by atoms with van der Waals surface area (Å²) in [5, 5.41) is 0.655. The van der Waals surface area contributed by atoms with Crippen LogP contribution in [0.15, 0.2) is 76.0 Å². The highest BCUT2D eigenvalue weighted by Gasteiger charge is 2.11. The van der Waals surface area contributed by atoms with Gasteiger partial charge in [0.1, 0.15) is 0 Å². The van der Waals surface area contributed by atoms with Crippen LogP contribution in [0.1, 0.15) is 16.7 Å². The molecular weight excluding hydrogens is 366 g/mol. The third-order valence-electron chi connectivity index (χ3n) is 4.06. The molecule has 26 heavy (non-hydrogen) atoms. The Morgan fingerprint density at radius 2 is 1.65 bits per heavy atom. The van der Waals surface area contributed by atoms with E-state index in [0.717, 1.165) is 22.3 Å². The Kier molecular flexibility index (Phi) is 5.25. The molecule has 0 fully saturated rings. The highest BCUT2D eigenvalue weighted by atomic mass is 35.5. The Hall–Kier alpha value is -2.43. The largest absolute Gasteiger partial charge is 0.282 e. The van der Waals surface area contributed by atoms with Crippen molar-refractivity contribution >= 4 is 27.8 Å². The molecule has 0 saturated carbocycles. The molecule has 0 unspecified atom stereocenters. The number of benzene rings is 3. The van der Waals surface area contributed by atoms with Crippen LogP contribution in [0.25, 0.3) is 11.1 Å². The molecule has 0 radical (unpaired) electrons. The summed E-state index contributed by atoms with van der Waals surface area (Å²) < 4.78 is 28.6. The minimum atomic E-state index is -3.72. The van der Waals surface area contributed by atoms with Crippen LogP contribution in [0.3, 0.4) is 0 Å². The standard InChI is InChI=1S/C21H18ClNO2S/c1-15-6-10-20(11-7-15)26(24,25)23-14-17-9-8-16(2)21(12-17)18-4-3-5-19(22)13-18/h3-14H,1-2H3. The van der Waals surface area contributed by atoms with E-state index in [1.165, 1.54) is 6.21 Å². The lowest BCUT2D eigenvalue weighted by molar-refractivity contribution is 0.598. The quantitative estimate of drug-likeness (QED) is 0.564. The zero-order chi connectivity index (χ0) is 18.7. The van der Waals surface area contributed by atoms with Crippen molar-refractivity contribution in [2.24, 2.45) is 4.40 Å². The van der Waals surface area contributed by atoms with Crippen molar-refractivity contribution in [2.45, 2.75) is 18.7 Å². The molecule has 0 atom stereocenters. The van der Waals surface area contributed by atoms with Crippen molar-refractivity contribution in [2.75, 3.05) is 0 Å². The first kappa shape index (κ1) is 18.4. The fourth-order valence-electron chi connectivity index (χ4n) is 2.59. The summed E-state index contributed by atoms with van der Waals surface area (Å²) in [6, 6.07) is 19.9. The number of aryl methyl sites for hydroxylation is 2. The summed E-state index contributed by atoms with van der Waals surface area (Å²) in [6.45, 7) is 3.91. The topological polar surface area (TPSA) is 46.5 Å². The van der Waals surface area contributed by atoms with E-state index in [9.17, 15) is 8.42 Å². The summed E-state index contributed by atoms with van der Waals surface area (Å²) >= 11 is 6.08. The van der Waals surface area contributed by atoms with E-state index >= 15 is 0 Å². The highest BCUT2D eigenvalue weighted by molar-refractivity contribution is 7.90. The van der Waals surface area contributed by atoms with E-state index < -0.39 is 10.0 Å². The molecule has 0 amide bonds. The first-order chi connectivity index (χ1) is 12.3. The zero-order valence-corrected chi connectivity index (χ0v) is 16.1. The van der Waals surface area contributed by atoms with Crippen molar-refractivity contribution in [3.63, 3.8) is 0 Å². The molecule has 0 aliphatic carbocycles. The Labute approximate surface area is 159 Å². The van der Waals surface area contributed by atoms with E-state index in [-0.39, 0.29) is 4.90 Å². The van der Waals surface area contributed by atoms with Crippen LogP contribution in [0.4, 0.5) is 0 Å². The Bertz CT molecular complexity index is 1070. The van der Waals surface area contributed by atoms with E-state index in [2.05, 4.69) is 4.40 Å². The van der Waals surface area contributed by atoms with Gasteiger partial charge in [0.05, 0.1) is 4.90 Å². The highest BCUT2D eigenvalue weighted by Crippen LogP contribution is 2.26. The van der Waals surface area contributed by atoms with E-state index in [0.29, 0.717) is 10.6 Å². The molecule has 3 nitrogen and oxygen atoms in total. The number of hydrogen-bond donors (Lipinski definition) is 0. The Morgan fingerprint density at radius 1 is 0.923 bits per heavy atom. The smallest absolute Gasteiger partial charge is 0.199 e. The van der Waals surface area contributed by atoms with Crippen molar-refractivity contribution in [1.82, 2.24) is 0 Å². The van der Waals surface area contributed by atoms with Gasteiger partial charge in [0.25, 0.3) is 10.0 Å². The van der Waals surface area contributed by atoms with Crippen LogP contribution in [0.2, 0.25) is 5.02 Å². The minimum absolute atomic E-state index is 0.182. The molecular formula is C21H18ClNO2S. The summed E-state index contributed by atoms with van der Waals surface area (Å²) in [6.07, 6.45) is 1.38. The predicted octanol–water partition coefficient (Wildman–Crippen LogP) is 5.43. The van der Waals surface area contributed by atoms with Gasteiger partial charge in [-0.15, -0.1) is 0 Å². The van der Waals surface area contributed by atoms with Gasteiger partial charge >= 0.3 is 0 Å². The zero-order valence-electron chi connectivity index (χ0n) is 14.5. The molecule has 0 N–H and O–H groups in total. The number of sulfonamides is 1. The van der Waals surface area contributed by atoms with Gasteiger partial charge in [0.15, 0.2) is 0 Å². The van der Waals surface area contributed by atoms with Crippen molar-refractivity contribution < 1.29 is 8.42 Å². The van der Waals surface area contributed by atoms with Gasteiger partial charge in [0, 0.05) is 11.2 Å². The van der Waals surface area contributed by atoms with Gasteiger partial charge in [-0.1, -0.05) is 53.6 Å². The van der Waals surface area contributed by atoms with Crippen molar-refractivity contribution in [3.05, 3.63) is 88.4 Å². The van der Waals surface area contributed by atoms with Gasteiger partial charge in [-0.05, 0) is 66.4 Å². The van der Waals surface area contributed by atoms with E-state index in [1.807, 2.05) is 56.3 Å². The summed E-state index contributed by atoms with van der Waals surface area (Å²) in [7, 11) is -3.72. The lowest BCUT2D eigenvalue weighted by atomic mass is 9.98. The van der Waals surface area contributed by atoms with Crippen LogP contribution in [-0.4, -0.2) is 14.6 Å². The maximum absolute atomic E-state index is 12.4. The van der Waals surface area contributed by atoms with Gasteiger partial charge in [-0.25, -0.2) is 0 Å². The van der Waals surface area contributed by atoms with E-state index in [4.69, 9.17) is 11.6 Å². The SMILES string of the molecule is Cc1ccc(S(=O)(=O)N=Cc2ccc(C)c(-c3cccc(Cl)c3)c2)cc1. The van der Waals surface area contributed by atoms with Gasteiger partial charge < -0.3 is 0 Å². The molecule has 0 aliphatic rings. The normalized spacial score (nSPS) is 11.8. The molecule has 3 aromatic rings. The monoisotopic (exact) mass is 383 g/mol. The van der Waals surface area contributed by atoms with Crippen LogP contribution in [-0.2, 0) is 10.0 Å². The number of hydrogen-bond acceptors (Lipinski definition) is 2. The number of rotatable bonds is 4. The average Bonchev–Trinajstić information content (AvgIpc) is 2.61. The summed E-state index contributed by atoms with van der Waals surface area (Å²) in [4.78, 5) is 0.182. The molecule has 0 saturated heterocycles. The molecule has 0 aliphatic heterocycles. The maximum Gasteiger partial charge on any atom is 0.282 e. The summed E-state index contributed by atoms with van der Waals surface area (Å²) in [5.41, 5.74) is 4.75. The van der Waals surface area contributed by atoms with E-state index in [1.54, 1.807) is 24.3 Å². The predicted molar refractivity (Wildman–Crippen MR) is 108 cm³/mol. The van der Waals surface area contributed by atoms with Crippen LogP contribution >= 0.6 is 11.6 Å². The second-order valence-electron chi connectivity index (χ2n) is 6.11. The fraction of sp³-hybridized carbons (Fsp3) is 0.0952. The lowest BCUT2D eigenvalue weighted by Crippen LogP contribution is -1.98. The summed E-state index contributed by atoms with van der Waals surface area (Å²) in [5.74, 6) is 0. The van der Waals surface area contributed by atoms with Crippen LogP contribution in [0, 0.1) is 13.8 Å². The fourth-order valence-corrected chi connectivity index (χ4v) is 3.64. The number of nitrogens with zero attached hydrogens (tertiary/aromatic N) is 1. The molecule has 0 bridgehead atoms. The average molecular weight is 384 g/mol. The first-order valence-electron chi connectivity index (χ1n) is 8.09. The molecule has 132 valence electrons. The molecule has 3 aromatic carbocycles. The van der Waals surface area contributed by atoms with Gasteiger partial charge in [-0.3, -0.25) is 0 Å². The lowest BCUT2D eigenvalue weighted by Gasteiger charge is -2.08. The Morgan fingerprint density at radius 3 is 2.35 bits per heavy atom. The molecule has 5 heteroatoms. The third kappa shape index (κ3) is 4.21. The third-order valence-corrected chi connectivity index (χ3v) is 5.54. The molecule has 0 spiro atoms. The second-order valence-corrected chi connectivity index (χ2v) is 8.18. The van der Waals surface area contributed by atoms with Gasteiger partial charge in [-0.2, -0.15) is 12.8 Å². The van der Waals surface area contributed by atoms with Crippen molar-refractivity contribution in [1.29, 1.82) is 0 Å². The maximum atomic E-state index is 12.4. The van der Waals surface area contributed by atoms with Crippen molar-refractivity contribution in [3.8, 4) is 11.1 Å². The number of halogens is 1. The van der Waals surface area contributed by atoms with Gasteiger partial charge in [0.2, 0.25) is 0 Å². The Balaban J connectivity index is 1.94. The van der Waals surface area contributed by atoms with Crippen LogP contribution < -0.4 is 0 Å². The first-order valence-corrected chi connectivity index (χ1v) is 9.90. The molecule has 0 aromatic heterocycles. The minimum Gasteiger partial charge on any atom is -0.199 e. The van der Waals surface area contributed by atoms with Crippen LogP contribution in [0.5, 0.6) is 0 Å². The second kappa shape index (κ2) is 7.44.